The molecule has 3 N–H and O–H groups in total. The van der Waals surface area contributed by atoms with Gasteiger partial charge >= 0.3 is 5.69 Å². The molecule has 1 unspecified atom stereocenters. The maximum atomic E-state index is 12.4. The van der Waals surface area contributed by atoms with Gasteiger partial charge in [0.25, 0.3) is 5.56 Å². The van der Waals surface area contributed by atoms with Gasteiger partial charge in [-0.3, -0.25) is 14.8 Å². The summed E-state index contributed by atoms with van der Waals surface area (Å²) < 4.78 is 0. The van der Waals surface area contributed by atoms with Crippen LogP contribution in [0.5, 0.6) is 0 Å². The fourth-order valence-corrected chi connectivity index (χ4v) is 3.01. The second-order valence-corrected chi connectivity index (χ2v) is 5.25. The Labute approximate surface area is 125 Å². The number of hydrogen-bond acceptors (Lipinski definition) is 3. The normalized spacial score (nSPS) is 15.5. The molecular weight excluding hydrogens is 278 g/mol. The Morgan fingerprint density at radius 2 is 1.55 bits per heavy atom. The lowest BCUT2D eigenvalue weighted by atomic mass is 9.83. The van der Waals surface area contributed by atoms with Crippen molar-refractivity contribution in [3.05, 3.63) is 92.1 Å². The van der Waals surface area contributed by atoms with Crippen molar-refractivity contribution in [1.29, 1.82) is 0 Å². The first-order valence-electron chi connectivity index (χ1n) is 7.01. The monoisotopic (exact) mass is 291 g/mol. The molecule has 108 valence electrons. The summed E-state index contributed by atoms with van der Waals surface area (Å²) in [4.78, 5) is 28.9. The molecule has 0 spiro atoms. The highest BCUT2D eigenvalue weighted by Gasteiger charge is 2.30. The SMILES string of the molecule is O=c1[nH]c2c(c(=O)[nH]1)C(c1ccccc1)c1ccccc1N2. The van der Waals surface area contributed by atoms with Crippen LogP contribution in [0.25, 0.3) is 0 Å². The summed E-state index contributed by atoms with van der Waals surface area (Å²) in [6.07, 6.45) is 0. The van der Waals surface area contributed by atoms with E-state index in [0.29, 0.717) is 11.4 Å². The Bertz CT molecular complexity index is 957. The lowest BCUT2D eigenvalue weighted by molar-refractivity contribution is 0.887. The summed E-state index contributed by atoms with van der Waals surface area (Å²) in [5, 5.41) is 3.15. The smallest absolute Gasteiger partial charge is 0.327 e. The summed E-state index contributed by atoms with van der Waals surface area (Å²) in [6, 6.07) is 17.6. The molecule has 0 saturated carbocycles. The van der Waals surface area contributed by atoms with Crippen LogP contribution in [-0.4, -0.2) is 9.97 Å². The van der Waals surface area contributed by atoms with Crippen molar-refractivity contribution < 1.29 is 0 Å². The number of para-hydroxylation sites is 1. The third-order valence-electron chi connectivity index (χ3n) is 3.93. The molecule has 0 aliphatic carbocycles. The van der Waals surface area contributed by atoms with Crippen LogP contribution in [0.3, 0.4) is 0 Å². The molecule has 1 aliphatic rings. The molecule has 0 radical (unpaired) electrons. The van der Waals surface area contributed by atoms with Gasteiger partial charge in [-0.25, -0.2) is 4.79 Å². The van der Waals surface area contributed by atoms with Gasteiger partial charge in [0, 0.05) is 11.6 Å². The third kappa shape index (κ3) is 1.87. The van der Waals surface area contributed by atoms with Crippen LogP contribution in [0, 0.1) is 0 Å². The molecule has 4 rings (SSSR count). The predicted octanol–water partition coefficient (Wildman–Crippen LogP) is 2.30. The van der Waals surface area contributed by atoms with Crippen molar-refractivity contribution in [3.8, 4) is 0 Å². The highest BCUT2D eigenvalue weighted by atomic mass is 16.2. The van der Waals surface area contributed by atoms with Gasteiger partial charge in [-0.1, -0.05) is 48.5 Å². The van der Waals surface area contributed by atoms with Crippen LogP contribution in [0.1, 0.15) is 22.6 Å². The van der Waals surface area contributed by atoms with Crippen LogP contribution < -0.4 is 16.6 Å². The van der Waals surface area contributed by atoms with E-state index in [-0.39, 0.29) is 11.5 Å². The zero-order valence-corrected chi connectivity index (χ0v) is 11.6. The van der Waals surface area contributed by atoms with E-state index in [1.165, 1.54) is 0 Å². The minimum atomic E-state index is -0.512. The van der Waals surface area contributed by atoms with Crippen molar-refractivity contribution in [2.45, 2.75) is 5.92 Å². The van der Waals surface area contributed by atoms with E-state index in [1.54, 1.807) is 0 Å². The first-order valence-corrected chi connectivity index (χ1v) is 7.01. The second-order valence-electron chi connectivity index (χ2n) is 5.25. The third-order valence-corrected chi connectivity index (χ3v) is 3.93. The Balaban J connectivity index is 2.06. The van der Waals surface area contributed by atoms with Gasteiger partial charge in [-0.2, -0.15) is 0 Å². The average Bonchev–Trinajstić information content (AvgIpc) is 2.53. The van der Waals surface area contributed by atoms with E-state index >= 15 is 0 Å². The second kappa shape index (κ2) is 4.73. The van der Waals surface area contributed by atoms with E-state index in [0.717, 1.165) is 16.8 Å². The number of anilines is 2. The number of fused-ring (bicyclic) bond motifs is 2. The number of benzene rings is 2. The minimum absolute atomic E-state index is 0.214. The highest BCUT2D eigenvalue weighted by molar-refractivity contribution is 5.72. The number of hydrogen-bond donors (Lipinski definition) is 3. The van der Waals surface area contributed by atoms with Crippen molar-refractivity contribution in [2.75, 3.05) is 5.32 Å². The van der Waals surface area contributed by atoms with E-state index in [2.05, 4.69) is 15.3 Å². The molecule has 0 saturated heterocycles. The van der Waals surface area contributed by atoms with Gasteiger partial charge in [-0.05, 0) is 17.2 Å². The van der Waals surface area contributed by atoms with Crippen LogP contribution >= 0.6 is 0 Å². The highest BCUT2D eigenvalue weighted by Crippen LogP contribution is 2.41. The zero-order valence-electron chi connectivity index (χ0n) is 11.6. The molecule has 1 atom stereocenters. The summed E-state index contributed by atoms with van der Waals surface area (Å²) in [6.45, 7) is 0. The zero-order chi connectivity index (χ0) is 15.1. The lowest BCUT2D eigenvalue weighted by Gasteiger charge is -2.28. The molecule has 0 bridgehead atoms. The van der Waals surface area contributed by atoms with Crippen LogP contribution in [0.4, 0.5) is 11.5 Å². The van der Waals surface area contributed by atoms with Crippen LogP contribution in [0.2, 0.25) is 0 Å². The molecule has 5 nitrogen and oxygen atoms in total. The molecule has 5 heteroatoms. The number of aromatic amines is 2. The largest absolute Gasteiger partial charge is 0.341 e. The minimum Gasteiger partial charge on any atom is -0.341 e. The van der Waals surface area contributed by atoms with E-state index in [1.807, 2.05) is 54.6 Å². The molecule has 2 aromatic carbocycles. The fraction of sp³-hybridized carbons (Fsp3) is 0.0588. The Hall–Kier alpha value is -3.08. The molecule has 3 aromatic rings. The quantitative estimate of drug-likeness (QED) is 0.503. The fourth-order valence-electron chi connectivity index (χ4n) is 3.01. The lowest BCUT2D eigenvalue weighted by Crippen LogP contribution is -2.31. The summed E-state index contributed by atoms with van der Waals surface area (Å²) in [5.41, 5.74) is 2.57. The summed E-state index contributed by atoms with van der Waals surface area (Å²) in [7, 11) is 0. The van der Waals surface area contributed by atoms with Gasteiger partial charge in [-0.15, -0.1) is 0 Å². The Morgan fingerprint density at radius 3 is 2.36 bits per heavy atom. The van der Waals surface area contributed by atoms with Crippen molar-refractivity contribution in [2.24, 2.45) is 0 Å². The maximum absolute atomic E-state index is 12.4. The number of rotatable bonds is 1. The van der Waals surface area contributed by atoms with Crippen LogP contribution in [-0.2, 0) is 0 Å². The van der Waals surface area contributed by atoms with E-state index < -0.39 is 5.69 Å². The molecule has 2 heterocycles. The summed E-state index contributed by atoms with van der Waals surface area (Å²) in [5.74, 6) is 0.246. The van der Waals surface area contributed by atoms with Crippen LogP contribution in [0.15, 0.2) is 64.2 Å². The average molecular weight is 291 g/mol. The van der Waals surface area contributed by atoms with Crippen molar-refractivity contribution in [3.63, 3.8) is 0 Å². The molecule has 1 aliphatic heterocycles. The van der Waals surface area contributed by atoms with Gasteiger partial charge in [0.2, 0.25) is 0 Å². The van der Waals surface area contributed by atoms with Gasteiger partial charge in [0.05, 0.1) is 5.56 Å². The summed E-state index contributed by atoms with van der Waals surface area (Å²) >= 11 is 0. The van der Waals surface area contributed by atoms with Crippen molar-refractivity contribution >= 4 is 11.5 Å². The van der Waals surface area contributed by atoms with E-state index in [4.69, 9.17) is 0 Å². The molecular formula is C17H13N3O2. The Morgan fingerprint density at radius 1 is 0.818 bits per heavy atom. The van der Waals surface area contributed by atoms with Gasteiger partial charge in [0.15, 0.2) is 0 Å². The Kier molecular flexibility index (Phi) is 2.72. The predicted molar refractivity (Wildman–Crippen MR) is 84.8 cm³/mol. The first kappa shape index (κ1) is 12.6. The number of aromatic nitrogens is 2. The molecule has 22 heavy (non-hydrogen) atoms. The van der Waals surface area contributed by atoms with Gasteiger partial charge in [0.1, 0.15) is 5.82 Å². The van der Waals surface area contributed by atoms with Gasteiger partial charge < -0.3 is 5.32 Å². The molecule has 1 aromatic heterocycles. The molecule has 0 fully saturated rings. The van der Waals surface area contributed by atoms with Crippen molar-refractivity contribution in [1.82, 2.24) is 9.97 Å². The number of H-pyrrole nitrogens is 2. The number of nitrogens with one attached hydrogen (secondary N) is 3. The first-order chi connectivity index (χ1) is 10.7. The molecule has 0 amide bonds. The topological polar surface area (TPSA) is 77.8 Å². The standard InChI is InChI=1S/C17H13N3O2/c21-16-14-13(10-6-2-1-3-7-10)11-8-4-5-9-12(11)18-15(14)19-17(22)20-16/h1-9,13H,(H3,18,19,20,21,22). The maximum Gasteiger partial charge on any atom is 0.327 e. The van der Waals surface area contributed by atoms with E-state index in [9.17, 15) is 9.59 Å².